The maximum Gasteiger partial charge on any atom is 0.338 e. The van der Waals surface area contributed by atoms with E-state index in [0.717, 1.165) is 42.6 Å². The van der Waals surface area contributed by atoms with Crippen molar-refractivity contribution in [2.75, 3.05) is 0 Å². The van der Waals surface area contributed by atoms with E-state index in [1.807, 2.05) is 12.1 Å². The third-order valence-electron chi connectivity index (χ3n) is 6.56. The van der Waals surface area contributed by atoms with Crippen LogP contribution in [0.5, 0.6) is 0 Å². The average Bonchev–Trinajstić information content (AvgIpc) is 2.43. The van der Waals surface area contributed by atoms with Gasteiger partial charge in [0.2, 0.25) is 0 Å². The zero-order valence-corrected chi connectivity index (χ0v) is 15.5. The van der Waals surface area contributed by atoms with Crippen LogP contribution >= 0.6 is 0 Å². The summed E-state index contributed by atoms with van der Waals surface area (Å²) in [6.45, 7) is 8.73. The van der Waals surface area contributed by atoms with Crippen molar-refractivity contribution in [2.24, 2.45) is 17.8 Å². The van der Waals surface area contributed by atoms with Crippen LogP contribution < -0.4 is 0 Å². The molecule has 24 heavy (non-hydrogen) atoms. The first-order valence-electron chi connectivity index (χ1n) is 9.59. The summed E-state index contributed by atoms with van der Waals surface area (Å²) in [7, 11) is 0. The highest BCUT2D eigenvalue weighted by molar-refractivity contribution is 5.90. The molecule has 0 aromatic heterocycles. The third kappa shape index (κ3) is 2.78. The van der Waals surface area contributed by atoms with Gasteiger partial charge in [0.1, 0.15) is 5.60 Å². The predicted molar refractivity (Wildman–Crippen MR) is 96.2 cm³/mol. The van der Waals surface area contributed by atoms with Crippen molar-refractivity contribution in [3.05, 3.63) is 34.9 Å². The minimum atomic E-state index is -0.150. The first kappa shape index (κ1) is 16.2. The second-order valence-corrected chi connectivity index (χ2v) is 9.77. The fourth-order valence-electron chi connectivity index (χ4n) is 6.04. The van der Waals surface area contributed by atoms with Gasteiger partial charge in [0.25, 0.3) is 0 Å². The van der Waals surface area contributed by atoms with Gasteiger partial charge in [-0.25, -0.2) is 4.79 Å². The lowest BCUT2D eigenvalue weighted by atomic mass is 9.54. The minimum absolute atomic E-state index is 0.104. The molecule has 0 amide bonds. The summed E-state index contributed by atoms with van der Waals surface area (Å²) >= 11 is 0. The lowest BCUT2D eigenvalue weighted by Gasteiger charge is -2.55. The number of hydrogen-bond acceptors (Lipinski definition) is 2. The molecule has 0 unspecified atom stereocenters. The van der Waals surface area contributed by atoms with Crippen LogP contribution in [0.25, 0.3) is 0 Å². The number of carbonyl (C=O) groups is 1. The molecule has 4 fully saturated rings. The quantitative estimate of drug-likeness (QED) is 0.678. The number of carbonyl (C=O) groups excluding carboxylic acids is 1. The Kier molecular flexibility index (Phi) is 3.60. The Morgan fingerprint density at radius 3 is 2.04 bits per heavy atom. The molecule has 2 nitrogen and oxygen atoms in total. The Bertz CT molecular complexity index is 630. The van der Waals surface area contributed by atoms with E-state index in [9.17, 15) is 4.79 Å². The fraction of sp³-hybridized carbons (Fsp3) is 0.682. The molecule has 4 bridgehead atoms. The largest absolute Gasteiger partial charge is 0.455 e. The van der Waals surface area contributed by atoms with Gasteiger partial charge in [-0.1, -0.05) is 26.8 Å². The van der Waals surface area contributed by atoms with Crippen LogP contribution in [0.2, 0.25) is 0 Å². The Hall–Kier alpha value is -1.31. The Morgan fingerprint density at radius 1 is 1.04 bits per heavy atom. The number of ether oxygens (including phenoxy) is 1. The SMILES string of the molecule is Cc1cc(C(=O)OC23CC4CC(CC(C4)C2)C3)ccc1C(C)(C)C. The second kappa shape index (κ2) is 5.34. The summed E-state index contributed by atoms with van der Waals surface area (Å²) < 4.78 is 6.18. The van der Waals surface area contributed by atoms with Crippen LogP contribution in [-0.2, 0) is 10.2 Å². The summed E-state index contributed by atoms with van der Waals surface area (Å²) in [5.74, 6) is 2.29. The Labute approximate surface area is 146 Å². The first-order chi connectivity index (χ1) is 11.2. The molecule has 0 N–H and O–H groups in total. The topological polar surface area (TPSA) is 26.3 Å². The molecule has 0 spiro atoms. The standard InChI is InChI=1S/C22H30O2/c1-14-7-18(5-6-19(14)21(2,3)4)20(23)24-22-11-15-8-16(12-22)10-17(9-15)13-22/h5-7,15-17H,8-13H2,1-4H3. The fourth-order valence-corrected chi connectivity index (χ4v) is 6.04. The highest BCUT2D eigenvalue weighted by Crippen LogP contribution is 2.57. The van der Waals surface area contributed by atoms with Gasteiger partial charge in [0.05, 0.1) is 5.56 Å². The maximum absolute atomic E-state index is 12.8. The summed E-state index contributed by atoms with van der Waals surface area (Å²) in [6, 6.07) is 6.07. The molecule has 0 atom stereocenters. The molecule has 0 saturated heterocycles. The van der Waals surface area contributed by atoms with E-state index < -0.39 is 0 Å². The van der Waals surface area contributed by atoms with Crippen molar-refractivity contribution < 1.29 is 9.53 Å². The second-order valence-electron chi connectivity index (χ2n) is 9.77. The molecule has 130 valence electrons. The predicted octanol–water partition coefficient (Wildman–Crippen LogP) is 5.42. The summed E-state index contributed by atoms with van der Waals surface area (Å²) in [6.07, 6.45) is 7.42. The molecular formula is C22H30O2. The molecule has 5 rings (SSSR count). The van der Waals surface area contributed by atoms with E-state index in [1.165, 1.54) is 30.4 Å². The molecule has 4 saturated carbocycles. The van der Waals surface area contributed by atoms with E-state index >= 15 is 0 Å². The molecule has 1 aromatic rings. The number of benzene rings is 1. The number of rotatable bonds is 2. The van der Waals surface area contributed by atoms with Gasteiger partial charge in [0.15, 0.2) is 0 Å². The van der Waals surface area contributed by atoms with E-state index in [2.05, 4.69) is 33.8 Å². The average molecular weight is 326 g/mol. The molecule has 1 aromatic carbocycles. The van der Waals surface area contributed by atoms with Gasteiger partial charge < -0.3 is 4.74 Å². The van der Waals surface area contributed by atoms with Crippen molar-refractivity contribution >= 4 is 5.97 Å². The zero-order valence-electron chi connectivity index (χ0n) is 15.5. The van der Waals surface area contributed by atoms with Crippen molar-refractivity contribution in [1.29, 1.82) is 0 Å². The van der Waals surface area contributed by atoms with Gasteiger partial charge in [0, 0.05) is 0 Å². The lowest BCUT2D eigenvalue weighted by Crippen LogP contribution is -2.52. The lowest BCUT2D eigenvalue weighted by molar-refractivity contribution is -0.131. The molecule has 4 aliphatic carbocycles. The zero-order chi connectivity index (χ0) is 17.1. The van der Waals surface area contributed by atoms with Crippen molar-refractivity contribution in [1.82, 2.24) is 0 Å². The number of aryl methyl sites for hydroxylation is 1. The van der Waals surface area contributed by atoms with E-state index in [4.69, 9.17) is 4.74 Å². The molecule has 0 aliphatic heterocycles. The maximum atomic E-state index is 12.8. The minimum Gasteiger partial charge on any atom is -0.455 e. The Morgan fingerprint density at radius 2 is 1.58 bits per heavy atom. The third-order valence-corrected chi connectivity index (χ3v) is 6.56. The van der Waals surface area contributed by atoms with Crippen LogP contribution in [0, 0.1) is 24.7 Å². The smallest absolute Gasteiger partial charge is 0.338 e. The van der Waals surface area contributed by atoms with Crippen LogP contribution in [0.3, 0.4) is 0 Å². The van der Waals surface area contributed by atoms with Crippen molar-refractivity contribution in [3.8, 4) is 0 Å². The molecule has 0 heterocycles. The Balaban J connectivity index is 1.54. The van der Waals surface area contributed by atoms with Gasteiger partial charge in [-0.05, 0) is 91.9 Å². The van der Waals surface area contributed by atoms with Crippen LogP contribution in [0.15, 0.2) is 18.2 Å². The summed E-state index contributed by atoms with van der Waals surface area (Å²) in [4.78, 5) is 12.8. The summed E-state index contributed by atoms with van der Waals surface area (Å²) in [5, 5.41) is 0. The van der Waals surface area contributed by atoms with Gasteiger partial charge in [-0.2, -0.15) is 0 Å². The monoisotopic (exact) mass is 326 g/mol. The van der Waals surface area contributed by atoms with E-state index in [-0.39, 0.29) is 17.0 Å². The van der Waals surface area contributed by atoms with Gasteiger partial charge >= 0.3 is 5.97 Å². The first-order valence-corrected chi connectivity index (χ1v) is 9.59. The van der Waals surface area contributed by atoms with E-state index in [0.29, 0.717) is 0 Å². The molecule has 4 aliphatic rings. The molecular weight excluding hydrogens is 296 g/mol. The van der Waals surface area contributed by atoms with Gasteiger partial charge in [-0.15, -0.1) is 0 Å². The van der Waals surface area contributed by atoms with Gasteiger partial charge in [-0.3, -0.25) is 0 Å². The number of hydrogen-bond donors (Lipinski definition) is 0. The van der Waals surface area contributed by atoms with E-state index in [1.54, 1.807) is 0 Å². The highest BCUT2D eigenvalue weighted by atomic mass is 16.6. The van der Waals surface area contributed by atoms with Crippen LogP contribution in [0.1, 0.15) is 80.8 Å². The van der Waals surface area contributed by atoms with Crippen LogP contribution in [0.4, 0.5) is 0 Å². The van der Waals surface area contributed by atoms with Crippen molar-refractivity contribution in [2.45, 2.75) is 77.2 Å². The molecule has 2 heteroatoms. The van der Waals surface area contributed by atoms with Crippen molar-refractivity contribution in [3.63, 3.8) is 0 Å². The highest BCUT2D eigenvalue weighted by Gasteiger charge is 2.53. The summed E-state index contributed by atoms with van der Waals surface area (Å²) in [5.41, 5.74) is 3.15. The van der Waals surface area contributed by atoms with Crippen LogP contribution in [-0.4, -0.2) is 11.6 Å². The molecule has 0 radical (unpaired) electrons. The number of esters is 1. The normalized spacial score (nSPS) is 34.4.